The molecule has 0 radical (unpaired) electrons. The van der Waals surface area contributed by atoms with E-state index in [1.54, 1.807) is 42.5 Å². The molecule has 1 aliphatic carbocycles. The van der Waals surface area contributed by atoms with Gasteiger partial charge in [0.05, 0.1) is 17.8 Å². The molecule has 2 aromatic rings. The zero-order valence-electron chi connectivity index (χ0n) is 14.5. The Labute approximate surface area is 152 Å². The standard InChI is InChI=1S/C21H20N2O3/c24-18(13-23-11-4-1-5-12-23)22-17-10-6-9-16-19(17)21(26)15-8-3-2-7-14(15)20(16)25/h2-3,6-10H,1,4-5,11-13H2,(H,22,24). The maximum atomic E-state index is 12.9. The second-order valence-corrected chi connectivity index (χ2v) is 6.82. The van der Waals surface area contributed by atoms with Crippen LogP contribution in [0.2, 0.25) is 0 Å². The summed E-state index contributed by atoms with van der Waals surface area (Å²) < 4.78 is 0. The normalized spacial score (nSPS) is 16.8. The van der Waals surface area contributed by atoms with Crippen molar-refractivity contribution in [3.05, 3.63) is 64.7 Å². The molecule has 5 nitrogen and oxygen atoms in total. The molecule has 4 rings (SSSR count). The van der Waals surface area contributed by atoms with Gasteiger partial charge in [-0.3, -0.25) is 19.3 Å². The third-order valence-corrected chi connectivity index (χ3v) is 5.04. The van der Waals surface area contributed by atoms with Crippen molar-refractivity contribution in [1.82, 2.24) is 4.90 Å². The Morgan fingerprint density at radius 3 is 2.23 bits per heavy atom. The van der Waals surface area contributed by atoms with Crippen molar-refractivity contribution in [2.45, 2.75) is 19.3 Å². The van der Waals surface area contributed by atoms with E-state index in [0.717, 1.165) is 25.9 Å². The predicted octanol–water partition coefficient (Wildman–Crippen LogP) is 2.89. The molecule has 5 heteroatoms. The van der Waals surface area contributed by atoms with Crippen LogP contribution in [-0.4, -0.2) is 42.0 Å². The van der Waals surface area contributed by atoms with E-state index in [0.29, 0.717) is 34.5 Å². The third kappa shape index (κ3) is 2.95. The fraction of sp³-hybridized carbons (Fsp3) is 0.286. The number of benzene rings is 2. The number of nitrogens with zero attached hydrogens (tertiary/aromatic N) is 1. The highest BCUT2D eigenvalue weighted by Gasteiger charge is 2.31. The number of rotatable bonds is 3. The minimum absolute atomic E-state index is 0.153. The Morgan fingerprint density at radius 2 is 1.50 bits per heavy atom. The monoisotopic (exact) mass is 348 g/mol. The number of fused-ring (bicyclic) bond motifs is 2. The van der Waals surface area contributed by atoms with Gasteiger partial charge in [0.15, 0.2) is 11.6 Å². The number of likely N-dealkylation sites (tertiary alicyclic amines) is 1. The zero-order chi connectivity index (χ0) is 18.1. The molecule has 0 atom stereocenters. The molecule has 0 saturated carbocycles. The van der Waals surface area contributed by atoms with Crippen LogP contribution >= 0.6 is 0 Å². The fourth-order valence-electron chi connectivity index (χ4n) is 3.76. The summed E-state index contributed by atoms with van der Waals surface area (Å²) >= 11 is 0. The maximum Gasteiger partial charge on any atom is 0.238 e. The SMILES string of the molecule is O=C(CN1CCCCC1)Nc1cccc2c1C(=O)c1ccccc1C2=O. The average Bonchev–Trinajstić information content (AvgIpc) is 2.67. The molecule has 26 heavy (non-hydrogen) atoms. The number of hydrogen-bond acceptors (Lipinski definition) is 4. The summed E-state index contributed by atoms with van der Waals surface area (Å²) in [6, 6.07) is 11.9. The molecule has 1 fully saturated rings. The van der Waals surface area contributed by atoms with Crippen LogP contribution in [0.3, 0.4) is 0 Å². The van der Waals surface area contributed by atoms with Crippen LogP contribution in [0, 0.1) is 0 Å². The van der Waals surface area contributed by atoms with Gasteiger partial charge in [0.1, 0.15) is 0 Å². The molecule has 2 aromatic carbocycles. The first-order valence-electron chi connectivity index (χ1n) is 8.99. The molecule has 132 valence electrons. The molecule has 0 spiro atoms. The fourth-order valence-corrected chi connectivity index (χ4v) is 3.76. The smallest absolute Gasteiger partial charge is 0.238 e. The van der Waals surface area contributed by atoms with E-state index in [2.05, 4.69) is 10.2 Å². The first kappa shape index (κ1) is 16.7. The summed E-state index contributed by atoms with van der Waals surface area (Å²) in [5.74, 6) is -0.550. The highest BCUT2D eigenvalue weighted by atomic mass is 16.2. The number of ketones is 2. The highest BCUT2D eigenvalue weighted by Crippen LogP contribution is 2.31. The second-order valence-electron chi connectivity index (χ2n) is 6.82. The van der Waals surface area contributed by atoms with Crippen LogP contribution in [0.1, 0.15) is 51.1 Å². The van der Waals surface area contributed by atoms with E-state index in [-0.39, 0.29) is 17.5 Å². The lowest BCUT2D eigenvalue weighted by Gasteiger charge is -2.26. The summed E-state index contributed by atoms with van der Waals surface area (Å²) in [7, 11) is 0. The number of carbonyl (C=O) groups excluding carboxylic acids is 3. The van der Waals surface area contributed by atoms with Gasteiger partial charge in [0, 0.05) is 16.7 Å². The molecule has 0 unspecified atom stereocenters. The van der Waals surface area contributed by atoms with Crippen LogP contribution in [0.4, 0.5) is 5.69 Å². The van der Waals surface area contributed by atoms with Gasteiger partial charge in [0.2, 0.25) is 5.91 Å². The van der Waals surface area contributed by atoms with Crippen molar-refractivity contribution >= 4 is 23.2 Å². The first-order chi connectivity index (χ1) is 12.6. The number of amides is 1. The van der Waals surface area contributed by atoms with E-state index in [9.17, 15) is 14.4 Å². The van der Waals surface area contributed by atoms with Crippen LogP contribution in [0.5, 0.6) is 0 Å². The lowest BCUT2D eigenvalue weighted by molar-refractivity contribution is -0.117. The van der Waals surface area contributed by atoms with Gasteiger partial charge >= 0.3 is 0 Å². The number of nitrogens with one attached hydrogen (secondary N) is 1. The topological polar surface area (TPSA) is 66.5 Å². The number of carbonyl (C=O) groups is 3. The second kappa shape index (κ2) is 6.84. The van der Waals surface area contributed by atoms with E-state index in [1.165, 1.54) is 6.42 Å². The lowest BCUT2D eigenvalue weighted by Crippen LogP contribution is -2.37. The molecular formula is C21H20N2O3. The first-order valence-corrected chi connectivity index (χ1v) is 8.99. The van der Waals surface area contributed by atoms with Crippen molar-refractivity contribution in [2.24, 2.45) is 0 Å². The predicted molar refractivity (Wildman–Crippen MR) is 98.7 cm³/mol. The maximum absolute atomic E-state index is 12.9. The number of anilines is 1. The van der Waals surface area contributed by atoms with Gasteiger partial charge in [-0.1, -0.05) is 42.8 Å². The summed E-state index contributed by atoms with van der Waals surface area (Å²) in [6.45, 7) is 2.15. The van der Waals surface area contributed by atoms with E-state index in [4.69, 9.17) is 0 Å². The van der Waals surface area contributed by atoms with Crippen LogP contribution in [-0.2, 0) is 4.79 Å². The number of piperidine rings is 1. The van der Waals surface area contributed by atoms with Gasteiger partial charge < -0.3 is 5.32 Å². The molecule has 2 aliphatic rings. The largest absolute Gasteiger partial charge is 0.324 e. The third-order valence-electron chi connectivity index (χ3n) is 5.04. The van der Waals surface area contributed by atoms with E-state index < -0.39 is 0 Å². The zero-order valence-corrected chi connectivity index (χ0v) is 14.5. The quantitative estimate of drug-likeness (QED) is 0.790. The Morgan fingerprint density at radius 1 is 0.846 bits per heavy atom. The summed E-state index contributed by atoms with van der Waals surface area (Å²) in [4.78, 5) is 40.2. The molecule has 1 saturated heterocycles. The summed E-state index contributed by atoms with van der Waals surface area (Å²) in [6.07, 6.45) is 3.43. The van der Waals surface area contributed by atoms with E-state index >= 15 is 0 Å². The van der Waals surface area contributed by atoms with Crippen molar-refractivity contribution < 1.29 is 14.4 Å². The molecule has 0 bridgehead atoms. The summed E-state index contributed by atoms with van der Waals surface area (Å²) in [5, 5.41) is 2.85. The van der Waals surface area contributed by atoms with Crippen molar-refractivity contribution in [3.8, 4) is 0 Å². The van der Waals surface area contributed by atoms with Gasteiger partial charge in [-0.25, -0.2) is 0 Å². The van der Waals surface area contributed by atoms with Gasteiger partial charge in [-0.2, -0.15) is 0 Å². The number of hydrogen-bond donors (Lipinski definition) is 1. The van der Waals surface area contributed by atoms with Crippen molar-refractivity contribution in [2.75, 3.05) is 25.0 Å². The van der Waals surface area contributed by atoms with Crippen LogP contribution < -0.4 is 5.32 Å². The van der Waals surface area contributed by atoms with E-state index in [1.807, 2.05) is 0 Å². The Kier molecular flexibility index (Phi) is 4.39. The highest BCUT2D eigenvalue weighted by molar-refractivity contribution is 6.30. The van der Waals surface area contributed by atoms with Crippen molar-refractivity contribution in [3.63, 3.8) is 0 Å². The van der Waals surface area contributed by atoms with Gasteiger partial charge in [-0.05, 0) is 32.0 Å². The molecule has 1 N–H and O–H groups in total. The minimum Gasteiger partial charge on any atom is -0.324 e. The average molecular weight is 348 g/mol. The molecule has 1 amide bonds. The summed E-state index contributed by atoms with van der Waals surface area (Å²) in [5.41, 5.74) is 1.87. The lowest BCUT2D eigenvalue weighted by atomic mass is 9.83. The van der Waals surface area contributed by atoms with Crippen LogP contribution in [0.15, 0.2) is 42.5 Å². The molecule has 1 aliphatic heterocycles. The molecule has 1 heterocycles. The Balaban J connectivity index is 1.62. The van der Waals surface area contributed by atoms with Gasteiger partial charge in [-0.15, -0.1) is 0 Å². The Bertz CT molecular complexity index is 898. The minimum atomic E-state index is -0.218. The molecular weight excluding hydrogens is 328 g/mol. The van der Waals surface area contributed by atoms with Gasteiger partial charge in [0.25, 0.3) is 0 Å². The van der Waals surface area contributed by atoms with Crippen LogP contribution in [0.25, 0.3) is 0 Å². The van der Waals surface area contributed by atoms with Crippen molar-refractivity contribution in [1.29, 1.82) is 0 Å². The molecule has 0 aromatic heterocycles. The Hall–Kier alpha value is -2.79.